The molecule has 3 rings (SSSR count). The number of benzene rings is 1. The second-order valence-electron chi connectivity index (χ2n) is 5.29. The number of nitrogens with one attached hydrogen (secondary N) is 1. The van der Waals surface area contributed by atoms with Crippen LogP contribution >= 0.6 is 0 Å². The third-order valence-electron chi connectivity index (χ3n) is 3.68. The number of nitrogens with zero attached hydrogens (tertiary/aromatic N) is 3. The lowest BCUT2D eigenvalue weighted by atomic mass is 10.1. The van der Waals surface area contributed by atoms with Gasteiger partial charge in [0.2, 0.25) is 0 Å². The van der Waals surface area contributed by atoms with Crippen LogP contribution in [0.15, 0.2) is 24.3 Å². The van der Waals surface area contributed by atoms with Crippen LogP contribution in [0.25, 0.3) is 0 Å². The van der Waals surface area contributed by atoms with Crippen LogP contribution in [0.5, 0.6) is 0 Å². The van der Waals surface area contributed by atoms with Gasteiger partial charge >= 0.3 is 5.97 Å². The van der Waals surface area contributed by atoms with Gasteiger partial charge in [0.05, 0.1) is 11.6 Å². The Morgan fingerprint density at radius 1 is 1.27 bits per heavy atom. The highest BCUT2D eigenvalue weighted by Crippen LogP contribution is 2.23. The van der Waals surface area contributed by atoms with Crippen molar-refractivity contribution in [2.75, 3.05) is 0 Å². The first kappa shape index (κ1) is 14.2. The molecule has 0 saturated carbocycles. The van der Waals surface area contributed by atoms with E-state index in [1.54, 1.807) is 0 Å². The third kappa shape index (κ3) is 2.69. The van der Waals surface area contributed by atoms with Crippen LogP contribution in [0.4, 0.5) is 0 Å². The minimum Gasteiger partial charge on any atom is -0.478 e. The lowest BCUT2D eigenvalue weighted by Gasteiger charge is -2.23. The van der Waals surface area contributed by atoms with Gasteiger partial charge < -0.3 is 10.4 Å². The lowest BCUT2D eigenvalue weighted by molar-refractivity contribution is 0.0696. The maximum absolute atomic E-state index is 12.3. The van der Waals surface area contributed by atoms with E-state index >= 15 is 0 Å². The molecule has 2 aromatic rings. The first-order chi connectivity index (χ1) is 10.5. The fourth-order valence-corrected chi connectivity index (χ4v) is 2.61. The molecule has 1 amide bonds. The van der Waals surface area contributed by atoms with Crippen molar-refractivity contribution in [1.29, 1.82) is 0 Å². The van der Waals surface area contributed by atoms with Gasteiger partial charge in [-0.15, -0.1) is 0 Å². The molecule has 0 saturated heterocycles. The van der Waals surface area contributed by atoms with E-state index in [-0.39, 0.29) is 17.5 Å². The molecule has 7 heteroatoms. The molecule has 0 bridgehead atoms. The molecule has 1 aromatic heterocycles. The van der Waals surface area contributed by atoms with Crippen LogP contribution in [0.1, 0.15) is 51.2 Å². The average molecular weight is 300 g/mol. The molecule has 1 aromatic carbocycles. The topological polar surface area (TPSA) is 97.1 Å². The Bertz CT molecular complexity index is 721. The number of fused-ring (bicyclic) bond motifs is 1. The summed E-state index contributed by atoms with van der Waals surface area (Å²) in [7, 11) is 0. The van der Waals surface area contributed by atoms with Gasteiger partial charge in [0.15, 0.2) is 0 Å². The van der Waals surface area contributed by atoms with Crippen molar-refractivity contribution in [3.05, 3.63) is 47.0 Å². The van der Waals surface area contributed by atoms with Crippen molar-refractivity contribution < 1.29 is 14.7 Å². The zero-order chi connectivity index (χ0) is 15.7. The Morgan fingerprint density at radius 2 is 1.95 bits per heavy atom. The van der Waals surface area contributed by atoms with Gasteiger partial charge in [0.1, 0.15) is 11.6 Å². The standard InChI is InChI=1S/C15H16N4O3/c1-9-16-13-12(3-2-8-19(13)18-9)17-14(20)10-4-6-11(7-5-10)15(21)22/h4-7,12H,2-3,8H2,1H3,(H,17,20)(H,21,22). The molecule has 22 heavy (non-hydrogen) atoms. The minimum absolute atomic E-state index is 0.157. The summed E-state index contributed by atoms with van der Waals surface area (Å²) in [5, 5.41) is 16.1. The number of rotatable bonds is 3. The second kappa shape index (κ2) is 5.59. The molecule has 114 valence electrons. The summed E-state index contributed by atoms with van der Waals surface area (Å²) in [6.07, 6.45) is 1.75. The molecule has 7 nitrogen and oxygen atoms in total. The molecule has 2 N–H and O–H groups in total. The lowest BCUT2D eigenvalue weighted by Crippen LogP contribution is -2.33. The Morgan fingerprint density at radius 3 is 2.64 bits per heavy atom. The molecule has 1 aliphatic heterocycles. The van der Waals surface area contributed by atoms with Crippen molar-refractivity contribution >= 4 is 11.9 Å². The molecule has 2 heterocycles. The molecule has 0 aliphatic carbocycles. The molecule has 0 spiro atoms. The van der Waals surface area contributed by atoms with E-state index in [2.05, 4.69) is 15.4 Å². The van der Waals surface area contributed by atoms with Gasteiger partial charge in [0.25, 0.3) is 5.91 Å². The van der Waals surface area contributed by atoms with Crippen LogP contribution in [0, 0.1) is 6.92 Å². The zero-order valence-electron chi connectivity index (χ0n) is 12.1. The highest BCUT2D eigenvalue weighted by Gasteiger charge is 2.25. The Kier molecular flexibility index (Phi) is 3.62. The SMILES string of the molecule is Cc1nc2n(n1)CCCC2NC(=O)c1ccc(C(=O)O)cc1. The Balaban J connectivity index is 1.76. The van der Waals surface area contributed by atoms with E-state index in [1.165, 1.54) is 24.3 Å². The number of carboxylic acids is 1. The van der Waals surface area contributed by atoms with E-state index in [1.807, 2.05) is 11.6 Å². The number of aryl methyl sites for hydroxylation is 2. The maximum atomic E-state index is 12.3. The van der Waals surface area contributed by atoms with Gasteiger partial charge in [0, 0.05) is 12.1 Å². The fraction of sp³-hybridized carbons (Fsp3) is 0.333. The molecule has 1 unspecified atom stereocenters. The first-order valence-electron chi connectivity index (χ1n) is 7.10. The van der Waals surface area contributed by atoms with Crippen LogP contribution in [-0.2, 0) is 6.54 Å². The Labute approximate surface area is 127 Å². The minimum atomic E-state index is -1.01. The second-order valence-corrected chi connectivity index (χ2v) is 5.29. The molecule has 1 atom stereocenters. The molecule has 0 radical (unpaired) electrons. The molecular formula is C15H16N4O3. The number of carboxylic acid groups (broad SMARTS) is 1. The number of carbonyl (C=O) groups excluding carboxylic acids is 1. The predicted octanol–water partition coefficient (Wildman–Crippen LogP) is 1.55. The summed E-state index contributed by atoms with van der Waals surface area (Å²) < 4.78 is 1.83. The smallest absolute Gasteiger partial charge is 0.335 e. The quantitative estimate of drug-likeness (QED) is 0.896. The summed E-state index contributed by atoms with van der Waals surface area (Å²) >= 11 is 0. The van der Waals surface area contributed by atoms with E-state index in [9.17, 15) is 9.59 Å². The van der Waals surface area contributed by atoms with E-state index in [4.69, 9.17) is 5.11 Å². The van der Waals surface area contributed by atoms with Gasteiger partial charge in [-0.1, -0.05) is 0 Å². The fourth-order valence-electron chi connectivity index (χ4n) is 2.61. The number of carbonyl (C=O) groups is 2. The molecule has 1 aliphatic rings. The van der Waals surface area contributed by atoms with Crippen molar-refractivity contribution in [1.82, 2.24) is 20.1 Å². The van der Waals surface area contributed by atoms with Crippen molar-refractivity contribution in [2.24, 2.45) is 0 Å². The van der Waals surface area contributed by atoms with Gasteiger partial charge in [-0.2, -0.15) is 5.10 Å². The number of aromatic carboxylic acids is 1. The normalized spacial score (nSPS) is 16.9. The maximum Gasteiger partial charge on any atom is 0.335 e. The van der Waals surface area contributed by atoms with Gasteiger partial charge in [-0.25, -0.2) is 14.5 Å². The number of aromatic nitrogens is 3. The van der Waals surface area contributed by atoms with Crippen molar-refractivity contribution in [3.8, 4) is 0 Å². The summed E-state index contributed by atoms with van der Waals surface area (Å²) in [5.74, 6) is 0.222. The summed E-state index contributed by atoms with van der Waals surface area (Å²) in [4.78, 5) is 27.5. The van der Waals surface area contributed by atoms with Crippen molar-refractivity contribution in [2.45, 2.75) is 32.4 Å². The van der Waals surface area contributed by atoms with Crippen LogP contribution in [0.3, 0.4) is 0 Å². The van der Waals surface area contributed by atoms with E-state index < -0.39 is 5.97 Å². The largest absolute Gasteiger partial charge is 0.478 e. The van der Waals surface area contributed by atoms with Gasteiger partial charge in [-0.3, -0.25) is 4.79 Å². The summed E-state index contributed by atoms with van der Waals surface area (Å²) in [6.45, 7) is 2.64. The number of amides is 1. The summed E-state index contributed by atoms with van der Waals surface area (Å²) in [5.41, 5.74) is 0.586. The molecule has 0 fully saturated rings. The van der Waals surface area contributed by atoms with Crippen LogP contribution in [0.2, 0.25) is 0 Å². The zero-order valence-corrected chi connectivity index (χ0v) is 12.1. The monoisotopic (exact) mass is 300 g/mol. The highest BCUT2D eigenvalue weighted by molar-refractivity contribution is 5.96. The average Bonchev–Trinajstić information content (AvgIpc) is 2.88. The van der Waals surface area contributed by atoms with Crippen LogP contribution in [-0.4, -0.2) is 31.7 Å². The number of hydrogen-bond donors (Lipinski definition) is 2. The third-order valence-corrected chi connectivity index (χ3v) is 3.68. The van der Waals surface area contributed by atoms with Gasteiger partial charge in [-0.05, 0) is 44.0 Å². The van der Waals surface area contributed by atoms with Crippen LogP contribution < -0.4 is 5.32 Å². The van der Waals surface area contributed by atoms with Crippen molar-refractivity contribution in [3.63, 3.8) is 0 Å². The van der Waals surface area contributed by atoms with E-state index in [0.29, 0.717) is 11.4 Å². The Hall–Kier alpha value is -2.70. The molecular weight excluding hydrogens is 284 g/mol. The summed E-state index contributed by atoms with van der Waals surface area (Å²) in [6, 6.07) is 5.70. The highest BCUT2D eigenvalue weighted by atomic mass is 16.4. The first-order valence-corrected chi connectivity index (χ1v) is 7.10. The van der Waals surface area contributed by atoms with E-state index in [0.717, 1.165) is 25.2 Å². The predicted molar refractivity (Wildman–Crippen MR) is 77.6 cm³/mol. The number of hydrogen-bond acceptors (Lipinski definition) is 4.